The van der Waals surface area contributed by atoms with E-state index in [4.69, 9.17) is 0 Å². The molecule has 21 heavy (non-hydrogen) atoms. The lowest BCUT2D eigenvalue weighted by Crippen LogP contribution is -2.22. The Morgan fingerprint density at radius 3 is 2.76 bits per heavy atom. The zero-order valence-electron chi connectivity index (χ0n) is 11.4. The molecule has 2 aromatic carbocycles. The lowest BCUT2D eigenvalue weighted by atomic mass is 10.1. The second-order valence-electron chi connectivity index (χ2n) is 4.75. The number of thiazole rings is 1. The Morgan fingerprint density at radius 1 is 1.24 bits per heavy atom. The number of fused-ring (bicyclic) bond motifs is 1. The van der Waals surface area contributed by atoms with E-state index < -0.39 is 0 Å². The van der Waals surface area contributed by atoms with Crippen LogP contribution in [-0.2, 0) is 6.54 Å². The lowest BCUT2D eigenvalue weighted by Gasteiger charge is -2.06. The van der Waals surface area contributed by atoms with Gasteiger partial charge in [-0.25, -0.2) is 4.98 Å². The van der Waals surface area contributed by atoms with Gasteiger partial charge in [0.1, 0.15) is 0 Å². The molecule has 0 aliphatic rings. The summed E-state index contributed by atoms with van der Waals surface area (Å²) in [5.74, 6) is -0.0624. The number of hydrogen-bond acceptors (Lipinski definition) is 3. The van der Waals surface area contributed by atoms with Crippen molar-refractivity contribution in [2.45, 2.75) is 13.5 Å². The van der Waals surface area contributed by atoms with E-state index in [1.807, 2.05) is 43.3 Å². The Hall–Kier alpha value is -1.72. The smallest absolute Gasteiger partial charge is 0.251 e. The molecule has 3 nitrogen and oxygen atoms in total. The Labute approximate surface area is 135 Å². The molecule has 0 aliphatic heterocycles. The quantitative estimate of drug-likeness (QED) is 0.756. The van der Waals surface area contributed by atoms with Crippen LogP contribution in [0.1, 0.15) is 20.9 Å². The number of nitrogens with one attached hydrogen (secondary N) is 1. The van der Waals surface area contributed by atoms with Gasteiger partial charge in [0.15, 0.2) is 0 Å². The molecule has 0 spiro atoms. The summed E-state index contributed by atoms with van der Waals surface area (Å²) in [6.45, 7) is 2.47. The SMILES string of the molecule is Cc1ncsc1CNC(=O)c1ccc2cc(Br)ccc2c1. The normalized spacial score (nSPS) is 10.8. The number of hydrogen-bond donors (Lipinski definition) is 1. The topological polar surface area (TPSA) is 42.0 Å². The van der Waals surface area contributed by atoms with Crippen LogP contribution >= 0.6 is 27.3 Å². The molecule has 0 saturated carbocycles. The number of aromatic nitrogens is 1. The minimum atomic E-state index is -0.0624. The van der Waals surface area contributed by atoms with E-state index in [2.05, 4.69) is 26.2 Å². The van der Waals surface area contributed by atoms with Crippen molar-refractivity contribution in [3.8, 4) is 0 Å². The molecule has 0 fully saturated rings. The Kier molecular flexibility index (Phi) is 4.03. The highest BCUT2D eigenvalue weighted by atomic mass is 79.9. The van der Waals surface area contributed by atoms with Gasteiger partial charge >= 0.3 is 0 Å². The molecule has 3 aromatic rings. The maximum Gasteiger partial charge on any atom is 0.251 e. The number of aryl methyl sites for hydroxylation is 1. The van der Waals surface area contributed by atoms with Crippen LogP contribution in [0.3, 0.4) is 0 Å². The van der Waals surface area contributed by atoms with E-state index in [9.17, 15) is 4.79 Å². The number of halogens is 1. The number of carbonyl (C=O) groups is 1. The molecule has 106 valence electrons. The predicted octanol–water partition coefficient (Wildman–Crippen LogP) is 4.30. The van der Waals surface area contributed by atoms with E-state index in [1.165, 1.54) is 0 Å². The molecule has 0 radical (unpaired) electrons. The van der Waals surface area contributed by atoms with Crippen LogP contribution < -0.4 is 5.32 Å². The first-order chi connectivity index (χ1) is 10.1. The highest BCUT2D eigenvalue weighted by Crippen LogP contribution is 2.21. The van der Waals surface area contributed by atoms with Crippen molar-refractivity contribution in [3.05, 3.63) is 62.5 Å². The molecule has 0 unspecified atom stereocenters. The van der Waals surface area contributed by atoms with Crippen molar-refractivity contribution < 1.29 is 4.79 Å². The van der Waals surface area contributed by atoms with Gasteiger partial charge in [0.25, 0.3) is 5.91 Å². The van der Waals surface area contributed by atoms with Gasteiger partial charge in [-0.1, -0.05) is 28.1 Å². The summed E-state index contributed by atoms with van der Waals surface area (Å²) >= 11 is 5.01. The van der Waals surface area contributed by atoms with Gasteiger partial charge in [-0.05, 0) is 42.0 Å². The van der Waals surface area contributed by atoms with Crippen LogP contribution in [-0.4, -0.2) is 10.9 Å². The number of rotatable bonds is 3. The molecule has 1 aromatic heterocycles. The van der Waals surface area contributed by atoms with Crippen molar-refractivity contribution in [2.75, 3.05) is 0 Å². The molecule has 0 saturated heterocycles. The summed E-state index contributed by atoms with van der Waals surface area (Å²) in [4.78, 5) is 17.5. The summed E-state index contributed by atoms with van der Waals surface area (Å²) in [7, 11) is 0. The van der Waals surface area contributed by atoms with Crippen LogP contribution in [0.2, 0.25) is 0 Å². The highest BCUT2D eigenvalue weighted by molar-refractivity contribution is 9.10. The predicted molar refractivity (Wildman–Crippen MR) is 89.7 cm³/mol. The Balaban J connectivity index is 1.78. The van der Waals surface area contributed by atoms with E-state index in [0.717, 1.165) is 25.8 Å². The van der Waals surface area contributed by atoms with E-state index >= 15 is 0 Å². The Bertz CT molecular complexity index is 813. The maximum atomic E-state index is 12.2. The summed E-state index contributed by atoms with van der Waals surface area (Å²) < 4.78 is 1.04. The summed E-state index contributed by atoms with van der Waals surface area (Å²) in [6.07, 6.45) is 0. The van der Waals surface area contributed by atoms with Gasteiger partial charge in [0.2, 0.25) is 0 Å². The van der Waals surface area contributed by atoms with E-state index in [-0.39, 0.29) is 5.91 Å². The fourth-order valence-electron chi connectivity index (χ4n) is 2.12. The molecule has 3 rings (SSSR count). The standard InChI is InChI=1S/C16H13BrN2OS/c1-10-15(21-9-19-10)8-18-16(20)13-3-2-12-7-14(17)5-4-11(12)6-13/h2-7,9H,8H2,1H3,(H,18,20). The third-order valence-corrected chi connectivity index (χ3v) is 4.75. The number of benzene rings is 2. The van der Waals surface area contributed by atoms with Gasteiger partial charge in [-0.3, -0.25) is 4.79 Å². The molecule has 5 heteroatoms. The summed E-state index contributed by atoms with van der Waals surface area (Å²) in [6, 6.07) is 11.7. The molecule has 0 bridgehead atoms. The molecule has 0 atom stereocenters. The number of amides is 1. The first-order valence-electron chi connectivity index (χ1n) is 6.50. The second kappa shape index (κ2) is 5.95. The van der Waals surface area contributed by atoms with Crippen LogP contribution in [0.15, 0.2) is 46.4 Å². The Morgan fingerprint density at radius 2 is 2.00 bits per heavy atom. The zero-order chi connectivity index (χ0) is 14.8. The number of nitrogens with zero attached hydrogens (tertiary/aromatic N) is 1. The first-order valence-corrected chi connectivity index (χ1v) is 8.17. The number of carbonyl (C=O) groups excluding carboxylic acids is 1. The third-order valence-electron chi connectivity index (χ3n) is 3.32. The largest absolute Gasteiger partial charge is 0.347 e. The average Bonchev–Trinajstić information content (AvgIpc) is 2.89. The molecular formula is C16H13BrN2OS. The fraction of sp³-hybridized carbons (Fsp3) is 0.125. The first kappa shape index (κ1) is 14.2. The zero-order valence-corrected chi connectivity index (χ0v) is 13.8. The maximum absolute atomic E-state index is 12.2. The second-order valence-corrected chi connectivity index (χ2v) is 6.60. The van der Waals surface area contributed by atoms with E-state index in [0.29, 0.717) is 12.1 Å². The van der Waals surface area contributed by atoms with Gasteiger partial charge in [-0.2, -0.15) is 0 Å². The minimum Gasteiger partial charge on any atom is -0.347 e. The van der Waals surface area contributed by atoms with Crippen LogP contribution in [0.25, 0.3) is 10.8 Å². The monoisotopic (exact) mass is 360 g/mol. The van der Waals surface area contributed by atoms with E-state index in [1.54, 1.807) is 16.8 Å². The van der Waals surface area contributed by atoms with Crippen molar-refractivity contribution >= 4 is 43.9 Å². The molecule has 0 aliphatic carbocycles. The van der Waals surface area contributed by atoms with Crippen molar-refractivity contribution in [1.82, 2.24) is 10.3 Å². The van der Waals surface area contributed by atoms with Crippen molar-refractivity contribution in [3.63, 3.8) is 0 Å². The summed E-state index contributed by atoms with van der Waals surface area (Å²) in [5.41, 5.74) is 3.45. The lowest BCUT2D eigenvalue weighted by molar-refractivity contribution is 0.0951. The molecule has 1 heterocycles. The fourth-order valence-corrected chi connectivity index (χ4v) is 3.21. The van der Waals surface area contributed by atoms with Crippen molar-refractivity contribution in [2.24, 2.45) is 0 Å². The molecule has 1 amide bonds. The van der Waals surface area contributed by atoms with Gasteiger partial charge < -0.3 is 5.32 Å². The van der Waals surface area contributed by atoms with Gasteiger partial charge in [-0.15, -0.1) is 11.3 Å². The molecule has 1 N–H and O–H groups in total. The van der Waals surface area contributed by atoms with Gasteiger partial charge in [0, 0.05) is 14.9 Å². The molecular weight excluding hydrogens is 348 g/mol. The average molecular weight is 361 g/mol. The van der Waals surface area contributed by atoms with Gasteiger partial charge in [0.05, 0.1) is 17.7 Å². The van der Waals surface area contributed by atoms with Crippen LogP contribution in [0.5, 0.6) is 0 Å². The minimum absolute atomic E-state index is 0.0624. The van der Waals surface area contributed by atoms with Crippen LogP contribution in [0.4, 0.5) is 0 Å². The third kappa shape index (κ3) is 3.14. The van der Waals surface area contributed by atoms with Crippen LogP contribution in [0, 0.1) is 6.92 Å². The van der Waals surface area contributed by atoms with Crippen molar-refractivity contribution in [1.29, 1.82) is 0 Å². The highest BCUT2D eigenvalue weighted by Gasteiger charge is 2.08. The summed E-state index contributed by atoms with van der Waals surface area (Å²) in [5, 5.41) is 5.11.